The van der Waals surface area contributed by atoms with Crippen molar-refractivity contribution in [2.24, 2.45) is 0 Å². The molecule has 9 nitrogen and oxygen atoms in total. The zero-order valence-corrected chi connectivity index (χ0v) is 24.2. The standard InChI is InChI=1S/C27H29Cl2N3O6S/c1-18(27(34)30-2)31(16-19-7-5-6-8-23(19)29)26(33)17-32(21-11-9-20(28)10-12-21)39(35,36)22-13-14-24(37-3)25(15-22)38-4/h5-15,18H,16-17H2,1-4H3,(H,30,34). The molecule has 12 heteroatoms. The number of sulfonamides is 1. The number of hydrogen-bond donors (Lipinski definition) is 1. The van der Waals surface area contributed by atoms with Crippen LogP contribution < -0.4 is 19.1 Å². The Morgan fingerprint density at radius 1 is 0.949 bits per heavy atom. The molecule has 0 radical (unpaired) electrons. The minimum Gasteiger partial charge on any atom is -0.493 e. The number of likely N-dealkylation sites (N-methyl/N-ethyl adjacent to an activating group) is 1. The summed E-state index contributed by atoms with van der Waals surface area (Å²) >= 11 is 12.4. The smallest absolute Gasteiger partial charge is 0.264 e. The maximum Gasteiger partial charge on any atom is 0.264 e. The van der Waals surface area contributed by atoms with Crippen LogP contribution in [0.4, 0.5) is 5.69 Å². The zero-order valence-electron chi connectivity index (χ0n) is 21.9. The van der Waals surface area contributed by atoms with Crippen molar-refractivity contribution in [3.8, 4) is 11.5 Å². The van der Waals surface area contributed by atoms with Gasteiger partial charge in [-0.1, -0.05) is 41.4 Å². The Kier molecular flexibility index (Phi) is 10.1. The number of ether oxygens (including phenoxy) is 2. The number of carbonyl (C=O) groups excluding carboxylic acids is 2. The number of nitrogens with zero attached hydrogens (tertiary/aromatic N) is 2. The van der Waals surface area contributed by atoms with Crippen molar-refractivity contribution in [1.29, 1.82) is 0 Å². The predicted octanol–water partition coefficient (Wildman–Crippen LogP) is 4.37. The minimum atomic E-state index is -4.31. The van der Waals surface area contributed by atoms with E-state index in [1.54, 1.807) is 31.2 Å². The molecule has 3 aromatic rings. The Bertz CT molecular complexity index is 1430. The van der Waals surface area contributed by atoms with E-state index in [9.17, 15) is 18.0 Å². The SMILES string of the molecule is CNC(=O)C(C)N(Cc1ccccc1Cl)C(=O)CN(c1ccc(Cl)cc1)S(=O)(=O)c1ccc(OC)c(OC)c1. The zero-order chi connectivity index (χ0) is 28.7. The molecule has 208 valence electrons. The number of nitrogens with one attached hydrogen (secondary N) is 1. The molecule has 0 heterocycles. The Labute approximate surface area is 238 Å². The summed E-state index contributed by atoms with van der Waals surface area (Å²) in [5.41, 5.74) is 0.803. The van der Waals surface area contributed by atoms with Crippen LogP contribution in [0.5, 0.6) is 11.5 Å². The van der Waals surface area contributed by atoms with E-state index in [0.717, 1.165) is 4.31 Å². The summed E-state index contributed by atoms with van der Waals surface area (Å²) in [5, 5.41) is 3.33. The topological polar surface area (TPSA) is 105 Å². The van der Waals surface area contributed by atoms with Crippen molar-refractivity contribution in [2.45, 2.75) is 24.4 Å². The molecule has 0 aromatic heterocycles. The molecule has 39 heavy (non-hydrogen) atoms. The predicted molar refractivity (Wildman–Crippen MR) is 151 cm³/mol. The second-order valence-corrected chi connectivity index (χ2v) is 11.1. The van der Waals surface area contributed by atoms with Crippen LogP contribution >= 0.6 is 23.2 Å². The lowest BCUT2D eigenvalue weighted by Crippen LogP contribution is -2.50. The van der Waals surface area contributed by atoms with E-state index in [-0.39, 0.29) is 22.9 Å². The largest absolute Gasteiger partial charge is 0.493 e. The fraction of sp³-hybridized carbons (Fsp3) is 0.259. The number of halogens is 2. The first kappa shape index (κ1) is 30.1. The molecule has 1 atom stereocenters. The van der Waals surface area contributed by atoms with Gasteiger partial charge in [-0.05, 0) is 55.0 Å². The highest BCUT2D eigenvalue weighted by atomic mass is 35.5. The lowest BCUT2D eigenvalue weighted by atomic mass is 10.1. The summed E-state index contributed by atoms with van der Waals surface area (Å²) in [7, 11) is -0.0214. The van der Waals surface area contributed by atoms with Gasteiger partial charge in [-0.25, -0.2) is 8.42 Å². The van der Waals surface area contributed by atoms with E-state index in [0.29, 0.717) is 21.4 Å². The third kappa shape index (κ3) is 6.95. The van der Waals surface area contributed by atoms with E-state index in [4.69, 9.17) is 32.7 Å². The fourth-order valence-corrected chi connectivity index (χ4v) is 5.59. The number of benzene rings is 3. The van der Waals surface area contributed by atoms with Crippen LogP contribution in [0.25, 0.3) is 0 Å². The molecule has 0 aliphatic carbocycles. The third-order valence-corrected chi connectivity index (χ3v) is 8.44. The van der Waals surface area contributed by atoms with Crippen molar-refractivity contribution in [2.75, 3.05) is 32.1 Å². The van der Waals surface area contributed by atoms with Gasteiger partial charge in [0, 0.05) is 29.7 Å². The lowest BCUT2D eigenvalue weighted by molar-refractivity contribution is -0.139. The van der Waals surface area contributed by atoms with E-state index in [1.165, 1.54) is 68.6 Å². The Hall–Kier alpha value is -3.47. The molecule has 0 spiro atoms. The second-order valence-electron chi connectivity index (χ2n) is 8.41. The van der Waals surface area contributed by atoms with Gasteiger partial charge in [0.2, 0.25) is 11.8 Å². The third-order valence-electron chi connectivity index (χ3n) is 6.05. The molecular formula is C27H29Cl2N3O6S. The highest BCUT2D eigenvalue weighted by Gasteiger charge is 2.33. The van der Waals surface area contributed by atoms with Gasteiger partial charge in [0.15, 0.2) is 11.5 Å². The molecule has 0 bridgehead atoms. The molecule has 1 N–H and O–H groups in total. The molecule has 0 saturated carbocycles. The van der Waals surface area contributed by atoms with Crippen LogP contribution in [-0.4, -0.2) is 59.0 Å². The van der Waals surface area contributed by atoms with Gasteiger partial charge in [0.05, 0.1) is 24.8 Å². The van der Waals surface area contributed by atoms with Crippen LogP contribution in [0.3, 0.4) is 0 Å². The second kappa shape index (κ2) is 13.1. The number of carbonyl (C=O) groups is 2. The van der Waals surface area contributed by atoms with Gasteiger partial charge in [-0.3, -0.25) is 13.9 Å². The number of methoxy groups -OCH3 is 2. The summed E-state index contributed by atoms with van der Waals surface area (Å²) in [6, 6.07) is 16.2. The summed E-state index contributed by atoms with van der Waals surface area (Å²) in [4.78, 5) is 27.5. The average Bonchev–Trinajstić information content (AvgIpc) is 2.94. The molecule has 0 aliphatic rings. The first-order chi connectivity index (χ1) is 18.5. The van der Waals surface area contributed by atoms with Gasteiger partial charge in [0.1, 0.15) is 12.6 Å². The van der Waals surface area contributed by atoms with Crippen molar-refractivity contribution in [3.05, 3.63) is 82.3 Å². The van der Waals surface area contributed by atoms with Crippen molar-refractivity contribution in [1.82, 2.24) is 10.2 Å². The van der Waals surface area contributed by atoms with Gasteiger partial charge in [0.25, 0.3) is 10.0 Å². The molecule has 0 aliphatic heterocycles. The minimum absolute atomic E-state index is 0.0159. The Balaban J connectivity index is 2.08. The summed E-state index contributed by atoms with van der Waals surface area (Å²) in [6.45, 7) is 0.936. The van der Waals surface area contributed by atoms with Crippen molar-refractivity contribution < 1.29 is 27.5 Å². The molecule has 2 amide bonds. The molecule has 1 unspecified atom stereocenters. The Morgan fingerprint density at radius 3 is 2.18 bits per heavy atom. The average molecular weight is 595 g/mol. The molecule has 3 rings (SSSR count). The number of rotatable bonds is 11. The highest BCUT2D eigenvalue weighted by Crippen LogP contribution is 2.33. The van der Waals surface area contributed by atoms with Crippen LogP contribution in [0.1, 0.15) is 12.5 Å². The fourth-order valence-electron chi connectivity index (χ4n) is 3.84. The summed E-state index contributed by atoms with van der Waals surface area (Å²) in [6.07, 6.45) is 0. The number of anilines is 1. The molecule has 3 aromatic carbocycles. The van der Waals surface area contributed by atoms with Gasteiger partial charge >= 0.3 is 0 Å². The first-order valence-electron chi connectivity index (χ1n) is 11.8. The van der Waals surface area contributed by atoms with E-state index in [2.05, 4.69) is 5.32 Å². The van der Waals surface area contributed by atoms with Gasteiger partial charge in [-0.2, -0.15) is 0 Å². The normalized spacial score (nSPS) is 11.8. The first-order valence-corrected chi connectivity index (χ1v) is 14.0. The Morgan fingerprint density at radius 2 is 1.59 bits per heavy atom. The highest BCUT2D eigenvalue weighted by molar-refractivity contribution is 7.92. The maximum atomic E-state index is 13.9. The quantitative estimate of drug-likeness (QED) is 0.354. The number of amides is 2. The maximum absolute atomic E-state index is 13.9. The summed E-state index contributed by atoms with van der Waals surface area (Å²) in [5.74, 6) is -0.494. The molecule has 0 fully saturated rings. The van der Waals surface area contributed by atoms with Gasteiger partial charge in [-0.15, -0.1) is 0 Å². The van der Waals surface area contributed by atoms with Crippen LogP contribution in [0, 0.1) is 0 Å². The van der Waals surface area contributed by atoms with Crippen LogP contribution in [0.15, 0.2) is 71.6 Å². The van der Waals surface area contributed by atoms with Crippen LogP contribution in [-0.2, 0) is 26.2 Å². The lowest BCUT2D eigenvalue weighted by Gasteiger charge is -2.32. The van der Waals surface area contributed by atoms with Gasteiger partial charge < -0.3 is 19.7 Å². The summed E-state index contributed by atoms with van der Waals surface area (Å²) < 4.78 is 39.4. The van der Waals surface area contributed by atoms with E-state index >= 15 is 0 Å². The van der Waals surface area contributed by atoms with E-state index in [1.807, 2.05) is 0 Å². The van der Waals surface area contributed by atoms with Crippen molar-refractivity contribution >= 4 is 50.7 Å². The van der Waals surface area contributed by atoms with E-state index < -0.39 is 34.4 Å². The molecular weight excluding hydrogens is 565 g/mol. The monoisotopic (exact) mass is 593 g/mol. The van der Waals surface area contributed by atoms with Crippen molar-refractivity contribution in [3.63, 3.8) is 0 Å². The number of hydrogen-bond acceptors (Lipinski definition) is 6. The van der Waals surface area contributed by atoms with Crippen LogP contribution in [0.2, 0.25) is 10.0 Å². The molecule has 0 saturated heterocycles.